The highest BCUT2D eigenvalue weighted by Gasteiger charge is 2.27. The molecule has 0 atom stereocenters. The van der Waals surface area contributed by atoms with Crippen LogP contribution in [0, 0.1) is 0 Å². The van der Waals surface area contributed by atoms with E-state index in [1.807, 2.05) is 0 Å². The summed E-state index contributed by atoms with van der Waals surface area (Å²) in [6.07, 6.45) is 1.75. The van der Waals surface area contributed by atoms with Crippen LogP contribution in [0.2, 0.25) is 10.0 Å². The number of nitrogens with one attached hydrogen (secondary N) is 1. The van der Waals surface area contributed by atoms with Crippen LogP contribution in [-0.4, -0.2) is 31.7 Å². The van der Waals surface area contributed by atoms with Gasteiger partial charge in [0.2, 0.25) is 10.0 Å². The van der Waals surface area contributed by atoms with Gasteiger partial charge in [0.05, 0.1) is 20.6 Å². The van der Waals surface area contributed by atoms with Crippen molar-refractivity contribution >= 4 is 44.8 Å². The molecule has 132 valence electrons. The van der Waals surface area contributed by atoms with Gasteiger partial charge in [-0.25, -0.2) is 8.42 Å². The summed E-state index contributed by atoms with van der Waals surface area (Å²) >= 11 is 12.1. The number of anilines is 1. The minimum absolute atomic E-state index is 0.182. The van der Waals surface area contributed by atoms with Crippen molar-refractivity contribution in [3.05, 3.63) is 58.1 Å². The third-order valence-corrected chi connectivity index (χ3v) is 6.56. The van der Waals surface area contributed by atoms with E-state index in [0.29, 0.717) is 34.4 Å². The Morgan fingerprint density at radius 1 is 0.960 bits per heavy atom. The van der Waals surface area contributed by atoms with Gasteiger partial charge in [-0.15, -0.1) is 0 Å². The Hall–Kier alpha value is -1.60. The van der Waals surface area contributed by atoms with E-state index in [-0.39, 0.29) is 4.90 Å². The van der Waals surface area contributed by atoms with E-state index in [0.717, 1.165) is 12.8 Å². The van der Waals surface area contributed by atoms with Gasteiger partial charge in [0.1, 0.15) is 0 Å². The quantitative estimate of drug-likeness (QED) is 0.844. The number of nitrogens with zero attached hydrogens (tertiary/aromatic N) is 1. The van der Waals surface area contributed by atoms with E-state index in [2.05, 4.69) is 5.32 Å². The maximum atomic E-state index is 12.5. The lowest BCUT2D eigenvalue weighted by Gasteiger charge is -2.15. The predicted molar refractivity (Wildman–Crippen MR) is 98.9 cm³/mol. The normalized spacial score (nSPS) is 15.3. The van der Waals surface area contributed by atoms with Crippen LogP contribution in [0.25, 0.3) is 0 Å². The Bertz CT molecular complexity index is 872. The summed E-state index contributed by atoms with van der Waals surface area (Å²) in [5.41, 5.74) is 0.640. The van der Waals surface area contributed by atoms with Gasteiger partial charge in [-0.1, -0.05) is 29.3 Å². The molecule has 5 nitrogen and oxygen atoms in total. The van der Waals surface area contributed by atoms with Crippen LogP contribution in [0.1, 0.15) is 23.2 Å². The number of rotatable bonds is 4. The topological polar surface area (TPSA) is 66.5 Å². The van der Waals surface area contributed by atoms with Gasteiger partial charge in [-0.2, -0.15) is 4.31 Å². The SMILES string of the molecule is O=C(Nc1c(Cl)cccc1Cl)c1ccc(S(=O)(=O)N2CCCC2)cc1. The van der Waals surface area contributed by atoms with Crippen molar-refractivity contribution in [3.8, 4) is 0 Å². The highest BCUT2D eigenvalue weighted by molar-refractivity contribution is 7.89. The highest BCUT2D eigenvalue weighted by Crippen LogP contribution is 2.30. The number of amides is 1. The zero-order valence-electron chi connectivity index (χ0n) is 13.2. The molecule has 0 aliphatic carbocycles. The van der Waals surface area contributed by atoms with Crippen LogP contribution in [0.15, 0.2) is 47.4 Å². The molecule has 0 aromatic heterocycles. The van der Waals surface area contributed by atoms with Gasteiger partial charge in [-0.3, -0.25) is 4.79 Å². The summed E-state index contributed by atoms with van der Waals surface area (Å²) in [4.78, 5) is 12.5. The summed E-state index contributed by atoms with van der Waals surface area (Å²) in [7, 11) is -3.49. The van der Waals surface area contributed by atoms with Crippen molar-refractivity contribution in [1.29, 1.82) is 0 Å². The fraction of sp³-hybridized carbons (Fsp3) is 0.235. The van der Waals surface area contributed by atoms with Crippen molar-refractivity contribution in [2.24, 2.45) is 0 Å². The van der Waals surface area contributed by atoms with Gasteiger partial charge >= 0.3 is 0 Å². The van der Waals surface area contributed by atoms with Gasteiger partial charge in [-0.05, 0) is 49.2 Å². The molecular weight excluding hydrogens is 383 g/mol. The van der Waals surface area contributed by atoms with E-state index in [1.54, 1.807) is 18.2 Å². The molecule has 0 unspecified atom stereocenters. The number of hydrogen-bond donors (Lipinski definition) is 1. The molecular formula is C17H16Cl2N2O3S. The first-order valence-corrected chi connectivity index (χ1v) is 9.95. The summed E-state index contributed by atoms with van der Waals surface area (Å²) in [5, 5.41) is 3.30. The molecule has 3 rings (SSSR count). The summed E-state index contributed by atoms with van der Waals surface area (Å²) in [6, 6.07) is 10.8. The van der Waals surface area contributed by atoms with Crippen LogP contribution in [0.5, 0.6) is 0 Å². The van der Waals surface area contributed by atoms with Crippen LogP contribution in [0.3, 0.4) is 0 Å². The van der Waals surface area contributed by atoms with Crippen molar-refractivity contribution in [1.82, 2.24) is 4.31 Å². The summed E-state index contributed by atoms with van der Waals surface area (Å²) < 4.78 is 26.4. The first-order chi connectivity index (χ1) is 11.9. The van der Waals surface area contributed by atoms with Gasteiger partial charge < -0.3 is 5.32 Å². The molecule has 8 heteroatoms. The first-order valence-electron chi connectivity index (χ1n) is 7.75. The average molecular weight is 399 g/mol. The van der Waals surface area contributed by atoms with Crippen LogP contribution >= 0.6 is 23.2 Å². The zero-order valence-corrected chi connectivity index (χ0v) is 15.5. The molecule has 0 radical (unpaired) electrons. The van der Waals surface area contributed by atoms with E-state index in [1.165, 1.54) is 28.6 Å². The molecule has 1 heterocycles. The van der Waals surface area contributed by atoms with E-state index in [4.69, 9.17) is 23.2 Å². The van der Waals surface area contributed by atoms with Crippen molar-refractivity contribution in [3.63, 3.8) is 0 Å². The molecule has 25 heavy (non-hydrogen) atoms. The first kappa shape index (κ1) is 18.2. The molecule has 1 saturated heterocycles. The van der Waals surface area contributed by atoms with Crippen LogP contribution in [-0.2, 0) is 10.0 Å². The number of benzene rings is 2. The molecule has 0 saturated carbocycles. The molecule has 0 bridgehead atoms. The molecule has 1 aliphatic heterocycles. The number of sulfonamides is 1. The van der Waals surface area contributed by atoms with Gasteiger partial charge in [0.25, 0.3) is 5.91 Å². The smallest absolute Gasteiger partial charge is 0.255 e. The molecule has 2 aromatic rings. The lowest BCUT2D eigenvalue weighted by Crippen LogP contribution is -2.27. The Kier molecular flexibility index (Phi) is 5.34. The maximum Gasteiger partial charge on any atom is 0.255 e. The zero-order chi connectivity index (χ0) is 18.0. The van der Waals surface area contributed by atoms with E-state index < -0.39 is 15.9 Å². The van der Waals surface area contributed by atoms with Crippen LogP contribution < -0.4 is 5.32 Å². The summed E-state index contributed by atoms with van der Waals surface area (Å²) in [5.74, 6) is -0.417. The van der Waals surface area contributed by atoms with Crippen molar-refractivity contribution < 1.29 is 13.2 Å². The Morgan fingerprint density at radius 2 is 1.52 bits per heavy atom. The molecule has 1 N–H and O–H groups in total. The lowest BCUT2D eigenvalue weighted by molar-refractivity contribution is 0.102. The highest BCUT2D eigenvalue weighted by atomic mass is 35.5. The van der Waals surface area contributed by atoms with E-state index >= 15 is 0 Å². The number of halogens is 2. The molecule has 1 aliphatic rings. The molecule has 1 amide bonds. The minimum atomic E-state index is -3.49. The fourth-order valence-electron chi connectivity index (χ4n) is 2.66. The van der Waals surface area contributed by atoms with Crippen molar-refractivity contribution in [2.45, 2.75) is 17.7 Å². The molecule has 2 aromatic carbocycles. The Labute approximate surface area is 156 Å². The van der Waals surface area contributed by atoms with Crippen molar-refractivity contribution in [2.75, 3.05) is 18.4 Å². The predicted octanol–water partition coefficient (Wildman–Crippen LogP) is 4.03. The second-order valence-electron chi connectivity index (χ2n) is 5.69. The Morgan fingerprint density at radius 3 is 2.08 bits per heavy atom. The average Bonchev–Trinajstić information content (AvgIpc) is 3.14. The largest absolute Gasteiger partial charge is 0.319 e. The second kappa shape index (κ2) is 7.33. The minimum Gasteiger partial charge on any atom is -0.319 e. The number of para-hydroxylation sites is 1. The second-order valence-corrected chi connectivity index (χ2v) is 8.44. The van der Waals surface area contributed by atoms with Gasteiger partial charge in [0.15, 0.2) is 0 Å². The fourth-order valence-corrected chi connectivity index (χ4v) is 4.67. The standard InChI is InChI=1S/C17H16Cl2N2O3S/c18-14-4-3-5-15(19)16(14)20-17(22)12-6-8-13(9-7-12)25(23,24)21-10-1-2-11-21/h3-9H,1-2,10-11H2,(H,20,22). The number of carbonyl (C=O) groups excluding carboxylic acids is 1. The van der Waals surface area contributed by atoms with E-state index in [9.17, 15) is 13.2 Å². The van der Waals surface area contributed by atoms with Gasteiger partial charge in [0, 0.05) is 18.7 Å². The summed E-state index contributed by atoms with van der Waals surface area (Å²) in [6.45, 7) is 1.07. The third-order valence-electron chi connectivity index (χ3n) is 4.02. The molecule has 0 spiro atoms. The lowest BCUT2D eigenvalue weighted by atomic mass is 10.2. The Balaban J connectivity index is 1.79. The third kappa shape index (κ3) is 3.82. The number of hydrogen-bond acceptors (Lipinski definition) is 3. The monoisotopic (exact) mass is 398 g/mol. The van der Waals surface area contributed by atoms with Crippen LogP contribution in [0.4, 0.5) is 5.69 Å². The maximum absolute atomic E-state index is 12.5. The number of carbonyl (C=O) groups is 1. The molecule has 1 fully saturated rings.